The maximum Gasteiger partial charge on any atom is 0.340 e. The number of nitrogens with two attached hydrogens (primary N) is 1. The summed E-state index contributed by atoms with van der Waals surface area (Å²) < 4.78 is 14.7. The molecular formula is C20H21NO6. The van der Waals surface area contributed by atoms with Gasteiger partial charge in [-0.1, -0.05) is 24.3 Å². The summed E-state index contributed by atoms with van der Waals surface area (Å²) in [6.45, 7) is 3.71. The van der Waals surface area contributed by atoms with Crippen LogP contribution in [0.2, 0.25) is 0 Å². The van der Waals surface area contributed by atoms with Crippen LogP contribution in [0.15, 0.2) is 30.3 Å². The summed E-state index contributed by atoms with van der Waals surface area (Å²) in [5.74, 6) is -1.73. The van der Waals surface area contributed by atoms with Gasteiger partial charge in [0.2, 0.25) is 0 Å². The van der Waals surface area contributed by atoms with E-state index in [9.17, 15) is 14.4 Å². The van der Waals surface area contributed by atoms with E-state index in [1.807, 2.05) is 0 Å². The van der Waals surface area contributed by atoms with Crippen molar-refractivity contribution in [2.75, 3.05) is 26.1 Å². The van der Waals surface area contributed by atoms with Crippen molar-refractivity contribution in [2.45, 2.75) is 13.8 Å². The Balaban J connectivity index is 2.65. The number of rotatable bonds is 6. The van der Waals surface area contributed by atoms with E-state index in [1.54, 1.807) is 44.2 Å². The molecule has 0 unspecified atom stereocenters. The van der Waals surface area contributed by atoms with Crippen LogP contribution >= 0.6 is 0 Å². The lowest BCUT2D eigenvalue weighted by molar-refractivity contribution is -0.134. The molecule has 2 rings (SSSR count). The number of ether oxygens (including phenoxy) is 3. The number of esters is 3. The highest BCUT2D eigenvalue weighted by Crippen LogP contribution is 2.39. The predicted octanol–water partition coefficient (Wildman–Crippen LogP) is 2.91. The summed E-state index contributed by atoms with van der Waals surface area (Å²) in [6.07, 6.45) is 2.83. The Hall–Kier alpha value is -3.35. The number of carbonyl (C=O) groups excluding carboxylic acids is 3. The van der Waals surface area contributed by atoms with Gasteiger partial charge in [-0.15, -0.1) is 0 Å². The highest BCUT2D eigenvalue weighted by Gasteiger charge is 2.30. The SMILES string of the molecule is CCOC(=O)c1c2ccc(/C=C/C(=O)OC)ccc-2c(C(=O)OCC)c1N. The van der Waals surface area contributed by atoms with Gasteiger partial charge < -0.3 is 19.9 Å². The fourth-order valence-electron chi connectivity index (χ4n) is 2.64. The summed E-state index contributed by atoms with van der Waals surface area (Å²) in [7, 11) is 1.28. The third kappa shape index (κ3) is 4.25. The van der Waals surface area contributed by atoms with E-state index in [4.69, 9.17) is 15.2 Å². The minimum Gasteiger partial charge on any atom is -0.466 e. The topological polar surface area (TPSA) is 105 Å². The zero-order valence-electron chi connectivity index (χ0n) is 15.4. The van der Waals surface area contributed by atoms with E-state index < -0.39 is 17.9 Å². The second-order valence-corrected chi connectivity index (χ2v) is 5.46. The van der Waals surface area contributed by atoms with E-state index in [0.717, 1.165) is 0 Å². The molecule has 0 amide bonds. The van der Waals surface area contributed by atoms with Crippen molar-refractivity contribution in [3.63, 3.8) is 0 Å². The van der Waals surface area contributed by atoms with Gasteiger partial charge in [0.05, 0.1) is 37.1 Å². The van der Waals surface area contributed by atoms with Gasteiger partial charge in [-0.25, -0.2) is 14.4 Å². The van der Waals surface area contributed by atoms with Crippen molar-refractivity contribution in [3.05, 3.63) is 47.0 Å². The highest BCUT2D eigenvalue weighted by atomic mass is 16.5. The van der Waals surface area contributed by atoms with Crippen molar-refractivity contribution in [1.29, 1.82) is 0 Å². The molecule has 0 aliphatic heterocycles. The minimum atomic E-state index is -0.617. The molecule has 0 aromatic carbocycles. The van der Waals surface area contributed by atoms with E-state index >= 15 is 0 Å². The summed E-state index contributed by atoms with van der Waals surface area (Å²) in [6, 6.07) is 6.69. The number of hydrogen-bond acceptors (Lipinski definition) is 7. The summed E-state index contributed by atoms with van der Waals surface area (Å²) in [5, 5.41) is 0. The second-order valence-electron chi connectivity index (χ2n) is 5.46. The predicted molar refractivity (Wildman–Crippen MR) is 100 cm³/mol. The lowest BCUT2D eigenvalue weighted by atomic mass is 10.1. The maximum absolute atomic E-state index is 12.4. The first-order chi connectivity index (χ1) is 12.9. The van der Waals surface area contributed by atoms with Crippen LogP contribution < -0.4 is 5.73 Å². The molecule has 0 heterocycles. The molecule has 0 aromatic heterocycles. The van der Waals surface area contributed by atoms with Crippen molar-refractivity contribution in [3.8, 4) is 11.1 Å². The van der Waals surface area contributed by atoms with Crippen LogP contribution in [0.25, 0.3) is 17.2 Å². The average Bonchev–Trinajstić information content (AvgIpc) is 2.77. The molecule has 0 saturated carbocycles. The average molecular weight is 371 g/mol. The van der Waals surface area contributed by atoms with E-state index in [-0.39, 0.29) is 30.0 Å². The standard InChI is InChI=1S/C20H21NO6/c1-4-26-19(23)16-13-9-6-12(8-11-15(22)25-3)7-10-14(13)17(18(16)21)20(24)27-5-2/h6-11H,4-5,21H2,1-3H3/b11-8+. The molecule has 27 heavy (non-hydrogen) atoms. The molecule has 142 valence electrons. The molecule has 0 atom stereocenters. The highest BCUT2D eigenvalue weighted by molar-refractivity contribution is 6.15. The van der Waals surface area contributed by atoms with E-state index in [1.165, 1.54) is 13.2 Å². The third-order valence-corrected chi connectivity index (χ3v) is 3.82. The van der Waals surface area contributed by atoms with E-state index in [0.29, 0.717) is 16.7 Å². The van der Waals surface area contributed by atoms with Gasteiger partial charge in [0, 0.05) is 6.08 Å². The maximum atomic E-state index is 12.4. The first-order valence-corrected chi connectivity index (χ1v) is 8.40. The van der Waals surface area contributed by atoms with Crippen LogP contribution in [0, 0.1) is 0 Å². The molecule has 0 aromatic rings. The van der Waals surface area contributed by atoms with Crippen LogP contribution in [-0.2, 0) is 19.0 Å². The van der Waals surface area contributed by atoms with Crippen molar-refractivity contribution in [1.82, 2.24) is 0 Å². The Morgan fingerprint density at radius 2 is 1.41 bits per heavy atom. The second kappa shape index (κ2) is 8.84. The molecule has 7 heteroatoms. The van der Waals surface area contributed by atoms with Crippen LogP contribution in [0.5, 0.6) is 0 Å². The number of nitrogen functional groups attached to an aromatic ring is 1. The lowest BCUT2D eigenvalue weighted by Gasteiger charge is -2.03. The molecule has 0 fully saturated rings. The molecule has 0 radical (unpaired) electrons. The fourth-order valence-corrected chi connectivity index (χ4v) is 2.64. The van der Waals surface area contributed by atoms with Gasteiger partial charge in [0.1, 0.15) is 0 Å². The largest absolute Gasteiger partial charge is 0.466 e. The van der Waals surface area contributed by atoms with Crippen molar-refractivity contribution < 1.29 is 28.6 Å². The molecule has 2 aliphatic carbocycles. The Bertz CT molecular complexity index is 815. The first-order valence-electron chi connectivity index (χ1n) is 8.40. The van der Waals surface area contributed by atoms with Gasteiger partial charge in [0.15, 0.2) is 0 Å². The van der Waals surface area contributed by atoms with Gasteiger partial charge in [-0.2, -0.15) is 0 Å². The number of methoxy groups -OCH3 is 1. The van der Waals surface area contributed by atoms with Gasteiger partial charge in [0.25, 0.3) is 0 Å². The van der Waals surface area contributed by atoms with Crippen LogP contribution in [-0.4, -0.2) is 38.2 Å². The Labute approximate surface area is 157 Å². The summed E-state index contributed by atoms with van der Waals surface area (Å²) in [5.41, 5.74) is 7.96. The van der Waals surface area contributed by atoms with E-state index in [2.05, 4.69) is 4.74 Å². The lowest BCUT2D eigenvalue weighted by Crippen LogP contribution is -2.09. The van der Waals surface area contributed by atoms with Gasteiger partial charge in [-0.3, -0.25) is 0 Å². The Kier molecular flexibility index (Phi) is 6.54. The smallest absolute Gasteiger partial charge is 0.340 e. The Morgan fingerprint density at radius 1 is 0.926 bits per heavy atom. The normalized spacial score (nSPS) is 10.8. The number of carbonyl (C=O) groups is 3. The van der Waals surface area contributed by atoms with Crippen LogP contribution in [0.4, 0.5) is 5.69 Å². The molecule has 0 saturated heterocycles. The third-order valence-electron chi connectivity index (χ3n) is 3.82. The molecule has 2 N–H and O–H groups in total. The summed E-state index contributed by atoms with van der Waals surface area (Å²) in [4.78, 5) is 36.0. The molecule has 7 nitrogen and oxygen atoms in total. The zero-order valence-corrected chi connectivity index (χ0v) is 15.4. The zero-order chi connectivity index (χ0) is 20.0. The quantitative estimate of drug-likeness (QED) is 0.473. The number of fused-ring (bicyclic) bond motifs is 1. The minimum absolute atomic E-state index is 0.0275. The molecule has 2 aliphatic rings. The van der Waals surface area contributed by atoms with Crippen molar-refractivity contribution in [2.24, 2.45) is 0 Å². The number of hydrogen-bond donors (Lipinski definition) is 1. The monoisotopic (exact) mass is 371 g/mol. The summed E-state index contributed by atoms with van der Waals surface area (Å²) >= 11 is 0. The molecule has 0 spiro atoms. The van der Waals surface area contributed by atoms with Crippen molar-refractivity contribution >= 4 is 29.7 Å². The fraction of sp³-hybridized carbons (Fsp3) is 0.250. The number of anilines is 1. The molecular weight excluding hydrogens is 350 g/mol. The van der Waals surface area contributed by atoms with Crippen LogP contribution in [0.3, 0.4) is 0 Å². The Morgan fingerprint density at radius 3 is 1.81 bits per heavy atom. The first kappa shape index (κ1) is 20.0. The van der Waals surface area contributed by atoms with Crippen LogP contribution in [0.1, 0.15) is 40.1 Å². The molecule has 0 bridgehead atoms. The van der Waals surface area contributed by atoms with Gasteiger partial charge in [-0.05, 0) is 36.6 Å². The van der Waals surface area contributed by atoms with Gasteiger partial charge >= 0.3 is 17.9 Å².